The molecular weight excluding hydrogens is 296 g/mol. The van der Waals surface area contributed by atoms with Crippen molar-refractivity contribution >= 4 is 22.3 Å². The molecule has 3 aromatic rings. The van der Waals surface area contributed by atoms with Crippen LogP contribution in [0.2, 0.25) is 0 Å². The Hall–Kier alpha value is -2.14. The summed E-state index contributed by atoms with van der Waals surface area (Å²) in [5, 5.41) is 9.39. The van der Waals surface area contributed by atoms with Gasteiger partial charge in [0, 0.05) is 16.6 Å². The van der Waals surface area contributed by atoms with Gasteiger partial charge in [-0.2, -0.15) is 0 Å². The molecule has 0 spiro atoms. The van der Waals surface area contributed by atoms with Crippen LogP contribution in [0.4, 0.5) is 0 Å². The Balaban J connectivity index is 1.80. The highest BCUT2D eigenvalue weighted by atomic mass is 32.1. The molecule has 1 aromatic carbocycles. The highest BCUT2D eigenvalue weighted by molar-refractivity contribution is 7.17. The molecule has 1 aliphatic rings. The number of hydrogen-bond acceptors (Lipinski definition) is 3. The van der Waals surface area contributed by atoms with Crippen LogP contribution in [-0.2, 0) is 17.6 Å². The number of rotatable bonds is 3. The Labute approximate surface area is 132 Å². The summed E-state index contributed by atoms with van der Waals surface area (Å²) in [6.45, 7) is 2.14. The molecule has 1 unspecified atom stereocenters. The second-order valence-electron chi connectivity index (χ2n) is 5.67. The maximum atomic E-state index is 11.4. The summed E-state index contributed by atoms with van der Waals surface area (Å²) < 4.78 is 1.98. The molecule has 0 radical (unpaired) electrons. The van der Waals surface area contributed by atoms with E-state index in [4.69, 9.17) is 0 Å². The molecule has 2 heterocycles. The number of hydrogen-bond donors (Lipinski definition) is 1. The van der Waals surface area contributed by atoms with Crippen molar-refractivity contribution < 1.29 is 9.90 Å². The van der Waals surface area contributed by atoms with E-state index in [1.807, 2.05) is 10.6 Å². The first-order valence-corrected chi connectivity index (χ1v) is 8.31. The van der Waals surface area contributed by atoms with Crippen LogP contribution in [-0.4, -0.2) is 20.5 Å². The van der Waals surface area contributed by atoms with Gasteiger partial charge in [0.05, 0.1) is 17.3 Å². The molecule has 2 aromatic heterocycles. The number of thiazole rings is 1. The molecule has 5 heteroatoms. The van der Waals surface area contributed by atoms with Crippen LogP contribution in [0.5, 0.6) is 0 Å². The molecule has 1 atom stereocenters. The van der Waals surface area contributed by atoms with Gasteiger partial charge in [-0.15, -0.1) is 11.3 Å². The minimum Gasteiger partial charge on any atom is -0.481 e. The van der Waals surface area contributed by atoms with E-state index in [0.29, 0.717) is 6.42 Å². The van der Waals surface area contributed by atoms with E-state index in [2.05, 4.69) is 36.2 Å². The zero-order valence-corrected chi connectivity index (χ0v) is 13.1. The predicted octanol–water partition coefficient (Wildman–Crippen LogP) is 3.74. The van der Waals surface area contributed by atoms with Crippen LogP contribution in [0.1, 0.15) is 35.4 Å². The molecule has 0 aliphatic heterocycles. The normalized spacial score (nSPS) is 17.0. The SMILES string of the molecule is CCc1ccc(-c2cn3c4c(sc3n2)CCC4C(=O)O)cc1. The van der Waals surface area contributed by atoms with Gasteiger partial charge in [-0.25, -0.2) is 4.98 Å². The first-order chi connectivity index (χ1) is 10.7. The first kappa shape index (κ1) is 13.5. The molecule has 4 nitrogen and oxygen atoms in total. The van der Waals surface area contributed by atoms with Gasteiger partial charge in [-0.1, -0.05) is 31.2 Å². The Morgan fingerprint density at radius 3 is 2.86 bits per heavy atom. The van der Waals surface area contributed by atoms with Crippen molar-refractivity contribution in [2.24, 2.45) is 0 Å². The van der Waals surface area contributed by atoms with Crippen LogP contribution in [0, 0.1) is 0 Å². The topological polar surface area (TPSA) is 54.6 Å². The summed E-state index contributed by atoms with van der Waals surface area (Å²) in [6, 6.07) is 8.40. The second kappa shape index (κ2) is 4.95. The second-order valence-corrected chi connectivity index (χ2v) is 6.73. The monoisotopic (exact) mass is 312 g/mol. The standard InChI is InChI=1S/C17H16N2O2S/c1-2-10-3-5-11(6-4-10)13-9-19-15-12(16(20)21)7-8-14(15)22-17(19)18-13/h3-6,9,12H,2,7-8H2,1H3,(H,20,21). The lowest BCUT2D eigenvalue weighted by Gasteiger charge is -2.03. The molecule has 1 aliphatic carbocycles. The lowest BCUT2D eigenvalue weighted by atomic mass is 10.1. The number of aryl methyl sites for hydroxylation is 2. The Morgan fingerprint density at radius 2 is 2.18 bits per heavy atom. The Bertz CT molecular complexity index is 861. The minimum absolute atomic E-state index is 0.395. The first-order valence-electron chi connectivity index (χ1n) is 7.50. The van der Waals surface area contributed by atoms with Crippen LogP contribution >= 0.6 is 11.3 Å². The predicted molar refractivity (Wildman–Crippen MR) is 86.6 cm³/mol. The molecule has 0 saturated carbocycles. The lowest BCUT2D eigenvalue weighted by molar-refractivity contribution is -0.138. The number of aliphatic carboxylic acids is 1. The van der Waals surface area contributed by atoms with Gasteiger partial charge in [0.2, 0.25) is 0 Å². The third kappa shape index (κ3) is 1.96. The number of aromatic nitrogens is 2. The summed E-state index contributed by atoms with van der Waals surface area (Å²) in [4.78, 5) is 18.2. The number of imidazole rings is 1. The van der Waals surface area contributed by atoms with Crippen LogP contribution in [0.15, 0.2) is 30.5 Å². The number of carboxylic acids is 1. The van der Waals surface area contributed by atoms with E-state index in [-0.39, 0.29) is 0 Å². The van der Waals surface area contributed by atoms with Crippen molar-refractivity contribution in [3.63, 3.8) is 0 Å². The van der Waals surface area contributed by atoms with Gasteiger partial charge < -0.3 is 5.11 Å². The van der Waals surface area contributed by atoms with Gasteiger partial charge in [0.25, 0.3) is 0 Å². The Kier molecular flexibility index (Phi) is 3.04. The summed E-state index contributed by atoms with van der Waals surface area (Å²) >= 11 is 1.62. The molecule has 0 bridgehead atoms. The minimum atomic E-state index is -0.735. The lowest BCUT2D eigenvalue weighted by Crippen LogP contribution is -2.09. The third-order valence-corrected chi connectivity index (χ3v) is 5.51. The zero-order chi connectivity index (χ0) is 15.3. The van der Waals surface area contributed by atoms with E-state index < -0.39 is 11.9 Å². The molecule has 4 rings (SSSR count). The maximum absolute atomic E-state index is 11.4. The Morgan fingerprint density at radius 1 is 1.41 bits per heavy atom. The number of carbonyl (C=O) groups is 1. The smallest absolute Gasteiger partial charge is 0.312 e. The summed E-state index contributed by atoms with van der Waals surface area (Å²) in [5.74, 6) is -1.13. The molecule has 112 valence electrons. The van der Waals surface area contributed by atoms with E-state index in [9.17, 15) is 9.90 Å². The number of benzene rings is 1. The molecule has 1 N–H and O–H groups in total. The fraction of sp³-hybridized carbons (Fsp3) is 0.294. The molecule has 22 heavy (non-hydrogen) atoms. The number of fused-ring (bicyclic) bond motifs is 3. The van der Waals surface area contributed by atoms with E-state index in [0.717, 1.165) is 34.8 Å². The van der Waals surface area contributed by atoms with Gasteiger partial charge >= 0.3 is 5.97 Å². The van der Waals surface area contributed by atoms with E-state index in [1.54, 1.807) is 11.3 Å². The molecule has 0 amide bonds. The highest BCUT2D eigenvalue weighted by Crippen LogP contribution is 2.39. The highest BCUT2D eigenvalue weighted by Gasteiger charge is 2.33. The summed E-state index contributed by atoms with van der Waals surface area (Å²) in [6.07, 6.45) is 4.55. The summed E-state index contributed by atoms with van der Waals surface area (Å²) in [7, 11) is 0. The van der Waals surface area contributed by atoms with Crippen molar-refractivity contribution in [2.45, 2.75) is 32.1 Å². The molecule has 0 fully saturated rings. The fourth-order valence-electron chi connectivity index (χ4n) is 3.15. The zero-order valence-electron chi connectivity index (χ0n) is 12.2. The van der Waals surface area contributed by atoms with Crippen molar-refractivity contribution in [1.29, 1.82) is 0 Å². The summed E-state index contributed by atoms with van der Waals surface area (Å²) in [5.41, 5.74) is 4.22. The fourth-order valence-corrected chi connectivity index (χ4v) is 4.33. The molecular formula is C17H16N2O2S. The van der Waals surface area contributed by atoms with Crippen LogP contribution in [0.3, 0.4) is 0 Å². The molecule has 0 saturated heterocycles. The van der Waals surface area contributed by atoms with Crippen molar-refractivity contribution in [1.82, 2.24) is 9.38 Å². The van der Waals surface area contributed by atoms with Crippen LogP contribution in [0.25, 0.3) is 16.2 Å². The van der Waals surface area contributed by atoms with Crippen molar-refractivity contribution in [3.05, 3.63) is 46.6 Å². The van der Waals surface area contributed by atoms with E-state index >= 15 is 0 Å². The van der Waals surface area contributed by atoms with Crippen molar-refractivity contribution in [3.8, 4) is 11.3 Å². The van der Waals surface area contributed by atoms with Gasteiger partial charge in [0.1, 0.15) is 0 Å². The third-order valence-electron chi connectivity index (χ3n) is 4.38. The van der Waals surface area contributed by atoms with E-state index in [1.165, 1.54) is 10.4 Å². The quantitative estimate of drug-likeness (QED) is 0.801. The van der Waals surface area contributed by atoms with Crippen molar-refractivity contribution in [2.75, 3.05) is 0 Å². The number of nitrogens with zero attached hydrogens (tertiary/aromatic N) is 2. The number of carboxylic acid groups (broad SMARTS) is 1. The largest absolute Gasteiger partial charge is 0.481 e. The maximum Gasteiger partial charge on any atom is 0.312 e. The van der Waals surface area contributed by atoms with Crippen LogP contribution < -0.4 is 0 Å². The average molecular weight is 312 g/mol. The average Bonchev–Trinajstić information content (AvgIpc) is 3.17. The van der Waals surface area contributed by atoms with Gasteiger partial charge in [-0.05, 0) is 24.8 Å². The van der Waals surface area contributed by atoms with Gasteiger partial charge in [0.15, 0.2) is 4.96 Å². The van der Waals surface area contributed by atoms with Gasteiger partial charge in [-0.3, -0.25) is 9.20 Å².